The maximum absolute atomic E-state index is 8.80. The van der Waals surface area contributed by atoms with E-state index in [2.05, 4.69) is 39.3 Å². The highest BCUT2D eigenvalue weighted by atomic mass is 28.4. The Morgan fingerprint density at radius 1 is 1.00 bits per heavy atom. The van der Waals surface area contributed by atoms with Crippen molar-refractivity contribution < 1.29 is 14.0 Å². The molecule has 0 atom stereocenters. The predicted molar refractivity (Wildman–Crippen MR) is 77.7 cm³/mol. The van der Waals surface area contributed by atoms with Gasteiger partial charge in [-0.1, -0.05) is 6.04 Å². The van der Waals surface area contributed by atoms with Gasteiger partial charge in [-0.2, -0.15) is 0 Å². The zero-order valence-corrected chi connectivity index (χ0v) is 15.1. The Bertz CT molecular complexity index is 171. The molecule has 0 unspecified atom stereocenters. The minimum Gasteiger partial charge on any atom is -0.398 e. The highest BCUT2D eigenvalue weighted by Gasteiger charge is 2.26. The van der Waals surface area contributed by atoms with Crippen LogP contribution in [0.5, 0.6) is 0 Å². The van der Waals surface area contributed by atoms with Crippen LogP contribution in [0.1, 0.15) is 6.42 Å². The molecule has 98 valence electrons. The van der Waals surface area contributed by atoms with Crippen LogP contribution < -0.4 is 0 Å². The second-order valence-electron chi connectivity index (χ2n) is 6.11. The van der Waals surface area contributed by atoms with E-state index in [0.29, 0.717) is 6.61 Å². The van der Waals surface area contributed by atoms with Crippen LogP contribution in [0.3, 0.4) is 0 Å². The Labute approximate surface area is 105 Å². The van der Waals surface area contributed by atoms with Gasteiger partial charge < -0.3 is 14.0 Å². The third-order valence-electron chi connectivity index (χ3n) is 1.82. The third kappa shape index (κ3) is 11.0. The molecule has 16 heavy (non-hydrogen) atoms. The highest BCUT2D eigenvalue weighted by molar-refractivity contribution is 6.71. The van der Waals surface area contributed by atoms with Crippen molar-refractivity contribution in [3.05, 3.63) is 0 Å². The molecule has 0 aromatic heterocycles. The largest absolute Gasteiger partial charge is 0.398 e. The van der Waals surface area contributed by atoms with E-state index < -0.39 is 16.6 Å². The van der Waals surface area contributed by atoms with E-state index in [9.17, 15) is 0 Å². The van der Waals surface area contributed by atoms with Crippen molar-refractivity contribution in [2.75, 3.05) is 6.61 Å². The van der Waals surface area contributed by atoms with Crippen LogP contribution in [0.2, 0.25) is 45.3 Å². The van der Waals surface area contributed by atoms with E-state index in [1.165, 1.54) is 0 Å². The standard InChI is InChI=1S/C10H28O3Si3/c1-15(2,3)12-10(13-16(4,5)6)14-9-7-8-11/h10-11H,7-9,14H2,1-6H3. The van der Waals surface area contributed by atoms with Crippen molar-refractivity contribution in [3.8, 4) is 0 Å². The molecular weight excluding hydrogens is 252 g/mol. The summed E-state index contributed by atoms with van der Waals surface area (Å²) in [5, 5.41) is 8.80. The topological polar surface area (TPSA) is 38.7 Å². The number of rotatable bonds is 8. The van der Waals surface area contributed by atoms with Crippen LogP contribution in [0.15, 0.2) is 0 Å². The lowest BCUT2D eigenvalue weighted by atomic mass is 10.5. The smallest absolute Gasteiger partial charge is 0.186 e. The second kappa shape index (κ2) is 7.07. The van der Waals surface area contributed by atoms with Crippen molar-refractivity contribution in [3.63, 3.8) is 0 Å². The Hall–Kier alpha value is 0.531. The van der Waals surface area contributed by atoms with Gasteiger partial charge >= 0.3 is 0 Å². The fourth-order valence-corrected chi connectivity index (χ4v) is 7.91. The first-order chi connectivity index (χ1) is 7.14. The molecule has 0 rings (SSSR count). The van der Waals surface area contributed by atoms with Crippen LogP contribution in [0, 0.1) is 0 Å². The first-order valence-electron chi connectivity index (χ1n) is 6.10. The van der Waals surface area contributed by atoms with Gasteiger partial charge in [0, 0.05) is 6.61 Å². The van der Waals surface area contributed by atoms with Crippen LogP contribution in [-0.2, 0) is 8.85 Å². The zero-order chi connectivity index (χ0) is 12.8. The molecule has 0 bridgehead atoms. The fourth-order valence-electron chi connectivity index (χ4n) is 1.35. The molecule has 0 aliphatic carbocycles. The van der Waals surface area contributed by atoms with E-state index >= 15 is 0 Å². The highest BCUT2D eigenvalue weighted by Crippen LogP contribution is 2.14. The van der Waals surface area contributed by atoms with Crippen molar-refractivity contribution in [2.45, 2.75) is 57.7 Å². The predicted octanol–water partition coefficient (Wildman–Crippen LogP) is 1.94. The number of aliphatic hydroxyl groups excluding tert-OH is 1. The summed E-state index contributed by atoms with van der Waals surface area (Å²) in [5.74, 6) is 0.0740. The molecule has 0 saturated heterocycles. The summed E-state index contributed by atoms with van der Waals surface area (Å²) < 4.78 is 12.2. The summed E-state index contributed by atoms with van der Waals surface area (Å²) >= 11 is 0. The number of aliphatic hydroxyl groups is 1. The molecule has 0 aliphatic rings. The molecule has 0 radical (unpaired) electrons. The lowest BCUT2D eigenvalue weighted by Crippen LogP contribution is -2.43. The fraction of sp³-hybridized carbons (Fsp3) is 1.00. The molecule has 0 aromatic rings. The maximum Gasteiger partial charge on any atom is 0.186 e. The van der Waals surface area contributed by atoms with Gasteiger partial charge in [0.25, 0.3) is 0 Å². The van der Waals surface area contributed by atoms with Crippen LogP contribution in [-0.4, -0.2) is 43.8 Å². The Balaban J connectivity index is 4.17. The van der Waals surface area contributed by atoms with Gasteiger partial charge in [-0.3, -0.25) is 0 Å². The summed E-state index contributed by atoms with van der Waals surface area (Å²) in [7, 11) is -3.40. The van der Waals surface area contributed by atoms with E-state index in [4.69, 9.17) is 14.0 Å². The van der Waals surface area contributed by atoms with Gasteiger partial charge in [0.2, 0.25) is 0 Å². The summed E-state index contributed by atoms with van der Waals surface area (Å²) in [6.45, 7) is 13.5. The van der Waals surface area contributed by atoms with Gasteiger partial charge in [-0.25, -0.2) is 0 Å². The molecule has 1 N–H and O–H groups in total. The lowest BCUT2D eigenvalue weighted by molar-refractivity contribution is 0.0604. The van der Waals surface area contributed by atoms with Gasteiger partial charge in [0.1, 0.15) is 5.91 Å². The van der Waals surface area contributed by atoms with Gasteiger partial charge in [0.05, 0.1) is 9.52 Å². The van der Waals surface area contributed by atoms with Crippen molar-refractivity contribution in [2.24, 2.45) is 0 Å². The first kappa shape index (κ1) is 16.5. The third-order valence-corrected chi connectivity index (χ3v) is 6.14. The summed E-state index contributed by atoms with van der Waals surface area (Å²) in [5.41, 5.74) is 0. The van der Waals surface area contributed by atoms with Crippen molar-refractivity contribution >= 4 is 26.2 Å². The quantitative estimate of drug-likeness (QED) is 0.419. The first-order valence-corrected chi connectivity index (χ1v) is 14.7. The zero-order valence-electron chi connectivity index (χ0n) is 11.7. The molecular formula is C10H28O3Si3. The molecule has 3 nitrogen and oxygen atoms in total. The molecule has 0 saturated carbocycles. The summed E-state index contributed by atoms with van der Waals surface area (Å²) in [6, 6.07) is 1.11. The van der Waals surface area contributed by atoms with E-state index in [-0.39, 0.29) is 15.4 Å². The van der Waals surface area contributed by atoms with Gasteiger partial charge in [0.15, 0.2) is 16.6 Å². The number of hydrogen-bond donors (Lipinski definition) is 1. The molecule has 0 heterocycles. The van der Waals surface area contributed by atoms with E-state index in [1.54, 1.807) is 0 Å². The van der Waals surface area contributed by atoms with Crippen molar-refractivity contribution in [1.82, 2.24) is 0 Å². The average Bonchev–Trinajstić information content (AvgIpc) is 1.97. The Morgan fingerprint density at radius 3 is 1.75 bits per heavy atom. The molecule has 0 spiro atoms. The van der Waals surface area contributed by atoms with Gasteiger partial charge in [-0.15, -0.1) is 0 Å². The average molecular weight is 281 g/mol. The minimum absolute atomic E-state index is 0.0740. The molecule has 0 aliphatic heterocycles. The molecule has 0 amide bonds. The maximum atomic E-state index is 8.80. The van der Waals surface area contributed by atoms with Crippen LogP contribution >= 0.6 is 0 Å². The summed E-state index contributed by atoms with van der Waals surface area (Å²) in [6.07, 6.45) is 0.896. The van der Waals surface area contributed by atoms with E-state index in [1.807, 2.05) is 0 Å². The van der Waals surface area contributed by atoms with Crippen molar-refractivity contribution in [1.29, 1.82) is 0 Å². The lowest BCUT2D eigenvalue weighted by Gasteiger charge is -2.31. The van der Waals surface area contributed by atoms with Gasteiger partial charge in [-0.05, 0) is 45.7 Å². The van der Waals surface area contributed by atoms with E-state index in [0.717, 1.165) is 12.5 Å². The molecule has 0 fully saturated rings. The normalized spacial score (nSPS) is 14.2. The summed E-state index contributed by atoms with van der Waals surface area (Å²) in [4.78, 5) is 0. The second-order valence-corrected chi connectivity index (χ2v) is 17.0. The Kier molecular flexibility index (Phi) is 7.31. The molecule has 6 heteroatoms. The monoisotopic (exact) mass is 280 g/mol. The SMILES string of the molecule is C[Si](C)(C)OC(O[Si](C)(C)C)[SiH2]CCCO. The van der Waals surface area contributed by atoms with Crippen LogP contribution in [0.25, 0.3) is 0 Å². The minimum atomic E-state index is -1.51. The van der Waals surface area contributed by atoms with Crippen LogP contribution in [0.4, 0.5) is 0 Å². The molecule has 0 aromatic carbocycles. The Morgan fingerprint density at radius 2 is 1.44 bits per heavy atom. The number of hydrogen-bond acceptors (Lipinski definition) is 3.